The fraction of sp³-hybridized carbons (Fsp3) is 0.611. The van der Waals surface area contributed by atoms with Crippen LogP contribution in [-0.4, -0.2) is 61.3 Å². The lowest BCUT2D eigenvalue weighted by molar-refractivity contribution is -0.0619. The standard InChI is InChI=1S/C24H36N2S.C12H18F2N2O/c1-6-9-10-16-25-24(7-2)22-12-11-13-23(19-22)26(8-3)20(4)21-14-17-27(5)18-15-21;1-11(13,14)8-17-16-10(15-2)12-5-3-9(7-12)4-6-12/h7,11-13,19,21H,2,4-6,8-10,14-18H2,1,3H3;9H,2-8H2,1H3/b;16-10-. The van der Waals surface area contributed by atoms with Gasteiger partial charge in [0, 0.05) is 48.3 Å². The van der Waals surface area contributed by atoms with Crippen LogP contribution in [0.4, 0.5) is 14.5 Å². The van der Waals surface area contributed by atoms with E-state index in [4.69, 9.17) is 9.83 Å². The van der Waals surface area contributed by atoms with Gasteiger partial charge in [0.1, 0.15) is 0 Å². The van der Waals surface area contributed by atoms with E-state index in [0.717, 1.165) is 62.9 Å². The molecule has 0 aromatic heterocycles. The molecular weight excluding hydrogens is 574 g/mol. The van der Waals surface area contributed by atoms with Gasteiger partial charge in [-0.05, 0) is 101 Å². The first-order valence-electron chi connectivity index (χ1n) is 16.3. The van der Waals surface area contributed by atoms with E-state index in [1.54, 1.807) is 0 Å². The van der Waals surface area contributed by atoms with Gasteiger partial charge in [0.25, 0.3) is 5.92 Å². The van der Waals surface area contributed by atoms with Gasteiger partial charge in [-0.3, -0.25) is 4.99 Å². The minimum absolute atomic E-state index is 0.0462. The zero-order valence-corrected chi connectivity index (χ0v) is 28.2. The maximum atomic E-state index is 12.6. The second-order valence-corrected chi connectivity index (χ2v) is 14.6. The molecule has 1 aromatic rings. The first kappa shape index (κ1) is 35.9. The molecule has 0 amide bonds. The average Bonchev–Trinajstić information content (AvgIpc) is 3.63. The second-order valence-electron chi connectivity index (χ2n) is 12.6. The van der Waals surface area contributed by atoms with Crippen LogP contribution in [0.1, 0.15) is 90.5 Å². The van der Waals surface area contributed by atoms with Crippen molar-refractivity contribution in [2.45, 2.75) is 90.9 Å². The number of anilines is 1. The van der Waals surface area contributed by atoms with E-state index in [9.17, 15) is 8.78 Å². The summed E-state index contributed by atoms with van der Waals surface area (Å²) in [6.45, 7) is 18.3. The number of fused-ring (bicyclic) bond motifs is 2. The number of aliphatic imine (C=N–C) groups is 2. The van der Waals surface area contributed by atoms with Crippen LogP contribution >= 0.6 is 10.5 Å². The highest BCUT2D eigenvalue weighted by atomic mass is 32.2. The molecule has 0 atom stereocenters. The Hall–Kier alpha value is -2.61. The molecule has 2 aliphatic carbocycles. The zero-order valence-electron chi connectivity index (χ0n) is 27.3. The summed E-state index contributed by atoms with van der Waals surface area (Å²) in [6, 6.07) is 8.68. The molecule has 5 nitrogen and oxygen atoms in total. The van der Waals surface area contributed by atoms with Crippen LogP contribution in [-0.2, 0) is 4.84 Å². The van der Waals surface area contributed by atoms with Crippen molar-refractivity contribution in [3.8, 4) is 0 Å². The quantitative estimate of drug-likeness (QED) is 0.0677. The third-order valence-corrected chi connectivity index (χ3v) is 10.8. The number of benzene rings is 1. The Morgan fingerprint density at radius 3 is 2.41 bits per heavy atom. The van der Waals surface area contributed by atoms with E-state index in [0.29, 0.717) is 22.2 Å². The SMILES string of the molecule is C=CC(=NCCCCC)c1cccc(N(CC)C(=C)C2CCS(=C)CC2)c1.C=N/C(=N\OCC(C)(F)F)C12CCC(CC1)C2. The van der Waals surface area contributed by atoms with E-state index < -0.39 is 12.5 Å². The van der Waals surface area contributed by atoms with Crippen LogP contribution in [0.3, 0.4) is 0 Å². The predicted octanol–water partition coefficient (Wildman–Crippen LogP) is 9.56. The lowest BCUT2D eigenvalue weighted by Gasteiger charge is -2.34. The molecule has 44 heavy (non-hydrogen) atoms. The Labute approximate surface area is 267 Å². The summed E-state index contributed by atoms with van der Waals surface area (Å²) in [5.41, 5.74) is 4.56. The van der Waals surface area contributed by atoms with Crippen molar-refractivity contribution >= 4 is 40.3 Å². The number of rotatable bonds is 14. The van der Waals surface area contributed by atoms with Crippen molar-refractivity contribution in [3.63, 3.8) is 0 Å². The van der Waals surface area contributed by atoms with Crippen molar-refractivity contribution in [2.75, 3.05) is 36.1 Å². The minimum Gasteiger partial charge on any atom is -0.388 e. The molecule has 1 aromatic carbocycles. The number of oxime groups is 1. The molecule has 0 unspecified atom stereocenters. The molecule has 4 rings (SSSR count). The maximum Gasteiger partial charge on any atom is 0.281 e. The summed E-state index contributed by atoms with van der Waals surface area (Å²) in [4.78, 5) is 15.7. The van der Waals surface area contributed by atoms with Crippen LogP contribution < -0.4 is 4.90 Å². The molecule has 3 fully saturated rings. The number of hydrogen-bond acceptors (Lipinski definition) is 4. The lowest BCUT2D eigenvalue weighted by atomic mass is 9.83. The van der Waals surface area contributed by atoms with E-state index in [1.807, 2.05) is 6.08 Å². The number of amidine groups is 1. The summed E-state index contributed by atoms with van der Waals surface area (Å²) >= 11 is 0. The fourth-order valence-electron chi connectivity index (χ4n) is 6.64. The van der Waals surface area contributed by atoms with Gasteiger partial charge < -0.3 is 9.74 Å². The summed E-state index contributed by atoms with van der Waals surface area (Å²) in [5, 5.41) is 3.79. The van der Waals surface area contributed by atoms with Crippen LogP contribution in [0.2, 0.25) is 0 Å². The number of allylic oxidation sites excluding steroid dienone is 2. The molecule has 1 heterocycles. The molecule has 1 saturated heterocycles. The van der Waals surface area contributed by atoms with Crippen LogP contribution in [0.25, 0.3) is 0 Å². The average molecular weight is 629 g/mol. The van der Waals surface area contributed by atoms with Gasteiger partial charge >= 0.3 is 0 Å². The Morgan fingerprint density at radius 1 is 1.16 bits per heavy atom. The van der Waals surface area contributed by atoms with Gasteiger partial charge in [-0.25, -0.2) is 13.8 Å². The molecule has 0 radical (unpaired) electrons. The van der Waals surface area contributed by atoms with Crippen molar-refractivity contribution in [1.29, 1.82) is 0 Å². The highest BCUT2D eigenvalue weighted by molar-refractivity contribution is 8.14. The summed E-state index contributed by atoms with van der Waals surface area (Å²) in [6.07, 6.45) is 13.4. The van der Waals surface area contributed by atoms with Gasteiger partial charge in [-0.1, -0.05) is 56.1 Å². The van der Waals surface area contributed by atoms with Crippen LogP contribution in [0.15, 0.2) is 64.3 Å². The van der Waals surface area contributed by atoms with E-state index in [-0.39, 0.29) is 5.41 Å². The Kier molecular flexibility index (Phi) is 14.0. The van der Waals surface area contributed by atoms with Gasteiger partial charge in [0.15, 0.2) is 12.4 Å². The summed E-state index contributed by atoms with van der Waals surface area (Å²) in [5.74, 6) is 5.72. The van der Waals surface area contributed by atoms with Crippen molar-refractivity contribution in [3.05, 3.63) is 54.8 Å². The fourth-order valence-corrected chi connectivity index (χ4v) is 8.08. The molecule has 8 heteroatoms. The zero-order chi connectivity index (χ0) is 32.2. The normalized spacial score (nSPS) is 25.2. The maximum absolute atomic E-state index is 12.6. The molecule has 2 saturated carbocycles. The second kappa shape index (κ2) is 17.2. The highest BCUT2D eigenvalue weighted by Gasteiger charge is 2.48. The summed E-state index contributed by atoms with van der Waals surface area (Å²) < 4.78 is 25.2. The number of unbranched alkanes of at least 4 members (excludes halogenated alkanes) is 2. The Morgan fingerprint density at radius 2 is 1.86 bits per heavy atom. The number of hydrogen-bond donors (Lipinski definition) is 0. The molecule has 0 spiro atoms. The molecule has 3 aliphatic rings. The Balaban J connectivity index is 0.000000266. The molecule has 0 N–H and O–H groups in total. The predicted molar refractivity (Wildman–Crippen MR) is 189 cm³/mol. The van der Waals surface area contributed by atoms with Crippen molar-refractivity contribution in [1.82, 2.24) is 0 Å². The third kappa shape index (κ3) is 10.2. The molecule has 2 bridgehead atoms. The topological polar surface area (TPSA) is 49.5 Å². The monoisotopic (exact) mass is 628 g/mol. The van der Waals surface area contributed by atoms with Gasteiger partial charge in [-0.2, -0.15) is 10.5 Å². The molecular formula is C36H54F2N4OS. The van der Waals surface area contributed by atoms with Crippen LogP contribution in [0, 0.1) is 17.3 Å². The number of alkyl halides is 2. The first-order chi connectivity index (χ1) is 21.1. The summed E-state index contributed by atoms with van der Waals surface area (Å²) in [7, 11) is 0.360. The van der Waals surface area contributed by atoms with E-state index >= 15 is 0 Å². The first-order valence-corrected chi connectivity index (χ1v) is 18.0. The largest absolute Gasteiger partial charge is 0.388 e. The van der Waals surface area contributed by atoms with Crippen LogP contribution in [0.5, 0.6) is 0 Å². The van der Waals surface area contributed by atoms with E-state index in [2.05, 4.69) is 78.9 Å². The molecule has 1 aliphatic heterocycles. The van der Waals surface area contributed by atoms with Crippen molar-refractivity contribution < 1.29 is 13.6 Å². The number of nitrogens with zero attached hydrogens (tertiary/aromatic N) is 4. The third-order valence-electron chi connectivity index (χ3n) is 9.17. The Bertz CT molecular complexity index is 1190. The van der Waals surface area contributed by atoms with Crippen molar-refractivity contribution in [2.24, 2.45) is 32.4 Å². The lowest BCUT2D eigenvalue weighted by Crippen LogP contribution is -2.28. The van der Waals surface area contributed by atoms with E-state index in [1.165, 1.54) is 61.4 Å². The molecule has 244 valence electrons. The highest BCUT2D eigenvalue weighted by Crippen LogP contribution is 2.55. The van der Waals surface area contributed by atoms with Gasteiger partial charge in [-0.15, -0.1) is 0 Å². The number of halogens is 2. The smallest absolute Gasteiger partial charge is 0.281 e. The van der Waals surface area contributed by atoms with Gasteiger partial charge in [0.2, 0.25) is 0 Å². The van der Waals surface area contributed by atoms with Gasteiger partial charge in [0.05, 0.1) is 5.71 Å². The minimum atomic E-state index is -2.86.